The number of benzene rings is 1. The van der Waals surface area contributed by atoms with Crippen molar-refractivity contribution in [3.05, 3.63) is 47.7 Å². The molecule has 2 aliphatic carbocycles. The van der Waals surface area contributed by atoms with Crippen LogP contribution in [-0.4, -0.2) is 18.7 Å². The molecular weight excluding hydrogens is 252 g/mol. The first kappa shape index (κ1) is 13.1. The van der Waals surface area contributed by atoms with E-state index in [-0.39, 0.29) is 35.1 Å². The summed E-state index contributed by atoms with van der Waals surface area (Å²) in [6.45, 7) is 3.97. The predicted molar refractivity (Wildman–Crippen MR) is 75.1 cm³/mol. The minimum Gasteiger partial charge on any atom is -0.493 e. The van der Waals surface area contributed by atoms with Gasteiger partial charge in [0.15, 0.2) is 11.5 Å². The zero-order valence-corrected chi connectivity index (χ0v) is 11.9. The first-order valence-corrected chi connectivity index (χ1v) is 6.91. The van der Waals surface area contributed by atoms with Crippen LogP contribution in [0.4, 0.5) is 0 Å². The van der Waals surface area contributed by atoms with Crippen LogP contribution < -0.4 is 0 Å². The van der Waals surface area contributed by atoms with Crippen LogP contribution in [0.2, 0.25) is 0 Å². The molecule has 1 unspecified atom stereocenters. The van der Waals surface area contributed by atoms with E-state index in [0.717, 1.165) is 5.56 Å². The summed E-state index contributed by atoms with van der Waals surface area (Å²) in [4.78, 5) is 24.9. The van der Waals surface area contributed by atoms with Crippen LogP contribution in [0.15, 0.2) is 42.2 Å². The quantitative estimate of drug-likeness (QED) is 0.830. The normalized spacial score (nSPS) is 36.0. The number of Topliss-reactive ketones (excluding diaryl/α,β-unsaturated/α-hetero) is 1. The first-order chi connectivity index (χ1) is 9.51. The summed E-state index contributed by atoms with van der Waals surface area (Å²) in [5, 5.41) is 0. The molecule has 3 heteroatoms. The van der Waals surface area contributed by atoms with Crippen molar-refractivity contribution in [1.29, 1.82) is 0 Å². The molecule has 0 aromatic heterocycles. The molecule has 2 aliphatic rings. The van der Waals surface area contributed by atoms with Gasteiger partial charge < -0.3 is 4.74 Å². The second-order valence-electron chi connectivity index (χ2n) is 5.93. The molecule has 0 saturated heterocycles. The highest BCUT2D eigenvalue weighted by Crippen LogP contribution is 2.63. The molecule has 0 aliphatic heterocycles. The molecule has 4 atom stereocenters. The third-order valence-corrected chi connectivity index (χ3v) is 5.21. The van der Waals surface area contributed by atoms with Gasteiger partial charge in [-0.2, -0.15) is 0 Å². The molecule has 1 saturated carbocycles. The Morgan fingerprint density at radius 2 is 1.80 bits per heavy atom. The Hall–Kier alpha value is -1.90. The molecule has 104 valence electrons. The van der Waals surface area contributed by atoms with Crippen LogP contribution in [0.3, 0.4) is 0 Å². The van der Waals surface area contributed by atoms with Crippen molar-refractivity contribution in [2.75, 3.05) is 7.11 Å². The highest BCUT2D eigenvalue weighted by molar-refractivity contribution is 6.13. The average Bonchev–Trinajstić information content (AvgIpc) is 2.47. The van der Waals surface area contributed by atoms with Crippen LogP contribution >= 0.6 is 0 Å². The average molecular weight is 270 g/mol. The Bertz CT molecular complexity index is 602. The van der Waals surface area contributed by atoms with E-state index in [1.807, 2.05) is 37.3 Å². The third-order valence-electron chi connectivity index (χ3n) is 5.21. The second-order valence-corrected chi connectivity index (χ2v) is 5.93. The fourth-order valence-corrected chi connectivity index (χ4v) is 3.83. The van der Waals surface area contributed by atoms with E-state index in [4.69, 9.17) is 4.74 Å². The lowest BCUT2D eigenvalue weighted by Gasteiger charge is -2.58. The Labute approximate surface area is 118 Å². The topological polar surface area (TPSA) is 43.4 Å². The minimum atomic E-state index is -0.584. The van der Waals surface area contributed by atoms with Gasteiger partial charge in [-0.3, -0.25) is 9.59 Å². The van der Waals surface area contributed by atoms with E-state index in [2.05, 4.69) is 6.92 Å². The predicted octanol–water partition coefficient (Wildman–Crippen LogP) is 2.72. The van der Waals surface area contributed by atoms with Crippen molar-refractivity contribution in [3.63, 3.8) is 0 Å². The smallest absolute Gasteiger partial charge is 0.202 e. The molecule has 1 aromatic rings. The number of fused-ring (bicyclic) bond motifs is 1. The molecular formula is C17H18O3. The molecule has 3 rings (SSSR count). The number of methoxy groups -OCH3 is 1. The van der Waals surface area contributed by atoms with Gasteiger partial charge in [-0.15, -0.1) is 0 Å². The van der Waals surface area contributed by atoms with E-state index in [9.17, 15) is 9.59 Å². The Morgan fingerprint density at radius 1 is 1.15 bits per heavy atom. The second kappa shape index (κ2) is 4.30. The molecule has 0 spiro atoms. The van der Waals surface area contributed by atoms with Gasteiger partial charge in [-0.25, -0.2) is 0 Å². The number of hydrogen-bond donors (Lipinski definition) is 0. The van der Waals surface area contributed by atoms with Crippen LogP contribution in [0.5, 0.6) is 0 Å². The van der Waals surface area contributed by atoms with Crippen molar-refractivity contribution in [2.24, 2.45) is 17.3 Å². The van der Waals surface area contributed by atoms with Crippen LogP contribution in [-0.2, 0) is 14.3 Å². The number of carbonyl (C=O) groups excluding carboxylic acids is 2. The van der Waals surface area contributed by atoms with Gasteiger partial charge >= 0.3 is 0 Å². The zero-order valence-electron chi connectivity index (χ0n) is 11.9. The number of carbonyl (C=O) groups is 2. The monoisotopic (exact) mass is 270 g/mol. The molecule has 1 aromatic carbocycles. The van der Waals surface area contributed by atoms with Gasteiger partial charge in [0, 0.05) is 17.4 Å². The van der Waals surface area contributed by atoms with Crippen molar-refractivity contribution in [2.45, 2.75) is 19.8 Å². The van der Waals surface area contributed by atoms with Crippen molar-refractivity contribution in [1.82, 2.24) is 0 Å². The maximum atomic E-state index is 12.6. The van der Waals surface area contributed by atoms with Gasteiger partial charge in [0.2, 0.25) is 5.78 Å². The number of ether oxygens (including phenoxy) is 1. The lowest BCUT2D eigenvalue weighted by molar-refractivity contribution is -0.159. The molecule has 20 heavy (non-hydrogen) atoms. The molecule has 0 bridgehead atoms. The molecule has 0 N–H and O–H groups in total. The lowest BCUT2D eigenvalue weighted by atomic mass is 9.42. The standard InChI is InChI=1S/C17H18O3/c1-10-14(11-7-5-4-6-8-11)15-16(19)12(20-3)9-13(18)17(10,15)2/h4-10,14-15H,1-3H3/t10-,14+,15?,17+/m0/s1. The van der Waals surface area contributed by atoms with E-state index in [1.54, 1.807) is 0 Å². The van der Waals surface area contributed by atoms with Crippen molar-refractivity contribution >= 4 is 11.6 Å². The fourth-order valence-electron chi connectivity index (χ4n) is 3.83. The summed E-state index contributed by atoms with van der Waals surface area (Å²) in [7, 11) is 1.44. The summed E-state index contributed by atoms with van der Waals surface area (Å²) in [6, 6.07) is 9.97. The highest BCUT2D eigenvalue weighted by atomic mass is 16.5. The SMILES string of the molecule is COC1=CC(=O)[C@]2(C)C(C1=O)[C@@H](c1ccccc1)[C@@H]2C. The number of hydrogen-bond acceptors (Lipinski definition) is 3. The van der Waals surface area contributed by atoms with Gasteiger partial charge in [0.1, 0.15) is 0 Å². The first-order valence-electron chi connectivity index (χ1n) is 6.91. The number of rotatable bonds is 2. The largest absolute Gasteiger partial charge is 0.493 e. The van der Waals surface area contributed by atoms with Crippen LogP contribution in [0, 0.1) is 17.3 Å². The maximum Gasteiger partial charge on any atom is 0.202 e. The maximum absolute atomic E-state index is 12.6. The fraction of sp³-hybridized carbons (Fsp3) is 0.412. The van der Waals surface area contributed by atoms with Gasteiger partial charge in [-0.1, -0.05) is 44.2 Å². The minimum absolute atomic E-state index is 0.0126. The lowest BCUT2D eigenvalue weighted by Crippen LogP contribution is -2.61. The van der Waals surface area contributed by atoms with Crippen molar-refractivity contribution < 1.29 is 14.3 Å². The summed E-state index contributed by atoms with van der Waals surface area (Å²) >= 11 is 0. The van der Waals surface area contributed by atoms with Crippen molar-refractivity contribution in [3.8, 4) is 0 Å². The van der Waals surface area contributed by atoms with E-state index >= 15 is 0 Å². The molecule has 1 fully saturated rings. The number of allylic oxidation sites excluding steroid dienone is 2. The number of ketones is 2. The Kier molecular flexibility index (Phi) is 2.82. The van der Waals surface area contributed by atoms with Crippen LogP contribution in [0.1, 0.15) is 25.3 Å². The van der Waals surface area contributed by atoms with Crippen LogP contribution in [0.25, 0.3) is 0 Å². The van der Waals surface area contributed by atoms with Gasteiger partial charge in [0.25, 0.3) is 0 Å². The summed E-state index contributed by atoms with van der Waals surface area (Å²) in [5.41, 5.74) is 0.542. The Balaban J connectivity index is 2.06. The Morgan fingerprint density at radius 3 is 2.40 bits per heavy atom. The molecule has 3 nitrogen and oxygen atoms in total. The molecule has 0 amide bonds. The summed E-state index contributed by atoms with van der Waals surface area (Å²) in [6.07, 6.45) is 1.37. The highest BCUT2D eigenvalue weighted by Gasteiger charge is 2.65. The molecule has 0 radical (unpaired) electrons. The van der Waals surface area contributed by atoms with E-state index < -0.39 is 5.41 Å². The summed E-state index contributed by atoms with van der Waals surface area (Å²) in [5.74, 6) is 0.121. The van der Waals surface area contributed by atoms with E-state index in [0.29, 0.717) is 0 Å². The summed E-state index contributed by atoms with van der Waals surface area (Å²) < 4.78 is 5.08. The van der Waals surface area contributed by atoms with Gasteiger partial charge in [-0.05, 0) is 17.4 Å². The zero-order chi connectivity index (χ0) is 14.5. The molecule has 0 heterocycles. The van der Waals surface area contributed by atoms with E-state index in [1.165, 1.54) is 13.2 Å². The third kappa shape index (κ3) is 1.46. The van der Waals surface area contributed by atoms with Gasteiger partial charge in [0.05, 0.1) is 7.11 Å².